The molecule has 0 spiro atoms. The van der Waals surface area contributed by atoms with Crippen molar-refractivity contribution in [3.05, 3.63) is 0 Å². The molecule has 0 atom stereocenters. The van der Waals surface area contributed by atoms with Crippen molar-refractivity contribution in [1.82, 2.24) is 15.0 Å². The van der Waals surface area contributed by atoms with Crippen molar-refractivity contribution in [2.45, 2.75) is 45.1 Å². The monoisotopic (exact) mass is 281 g/mol. The number of aliphatic hydroxyl groups excluding tert-OH is 1. The summed E-state index contributed by atoms with van der Waals surface area (Å²) in [7, 11) is 0. The van der Waals surface area contributed by atoms with Crippen molar-refractivity contribution in [3.63, 3.8) is 0 Å². The first-order valence-corrected chi connectivity index (χ1v) is 7.26. The van der Waals surface area contributed by atoms with Gasteiger partial charge in [-0.25, -0.2) is 0 Å². The maximum atomic E-state index is 9.26. The Labute approximate surface area is 119 Å². The zero-order chi connectivity index (χ0) is 14.4. The van der Waals surface area contributed by atoms with E-state index in [2.05, 4.69) is 15.0 Å². The molecular weight excluding hydrogens is 258 g/mol. The summed E-state index contributed by atoms with van der Waals surface area (Å²) in [5.41, 5.74) is 5.73. The number of hydrogen-bond acceptors (Lipinski definition) is 7. The van der Waals surface area contributed by atoms with E-state index in [4.69, 9.17) is 10.5 Å². The normalized spacial score (nSPS) is 15.5. The van der Waals surface area contributed by atoms with E-state index >= 15 is 0 Å². The SMILES string of the molecule is CCCOc1nc(N)nc(N(CCO)C2CCCC2)n1. The molecule has 1 aromatic heterocycles. The van der Waals surface area contributed by atoms with Gasteiger partial charge in [0.05, 0.1) is 13.2 Å². The van der Waals surface area contributed by atoms with E-state index in [0.717, 1.165) is 19.3 Å². The molecule has 1 aromatic rings. The van der Waals surface area contributed by atoms with Crippen LogP contribution in [0.5, 0.6) is 6.01 Å². The van der Waals surface area contributed by atoms with Crippen LogP contribution in [0.1, 0.15) is 39.0 Å². The number of anilines is 2. The van der Waals surface area contributed by atoms with Gasteiger partial charge in [0.2, 0.25) is 11.9 Å². The van der Waals surface area contributed by atoms with Crippen LogP contribution in [-0.4, -0.2) is 45.9 Å². The topological polar surface area (TPSA) is 97.4 Å². The van der Waals surface area contributed by atoms with Crippen LogP contribution in [-0.2, 0) is 0 Å². The smallest absolute Gasteiger partial charge is 0.323 e. The molecule has 0 unspecified atom stereocenters. The Bertz CT molecular complexity index is 423. The highest BCUT2D eigenvalue weighted by molar-refractivity contribution is 5.37. The molecule has 7 nitrogen and oxygen atoms in total. The number of rotatable bonds is 7. The summed E-state index contributed by atoms with van der Waals surface area (Å²) in [6, 6.07) is 0.623. The summed E-state index contributed by atoms with van der Waals surface area (Å²) in [5.74, 6) is 0.659. The Kier molecular flexibility index (Phi) is 5.34. The van der Waals surface area contributed by atoms with E-state index in [1.54, 1.807) is 0 Å². The molecule has 0 amide bonds. The van der Waals surface area contributed by atoms with Gasteiger partial charge in [-0.2, -0.15) is 15.0 Å². The fourth-order valence-corrected chi connectivity index (χ4v) is 2.52. The third-order valence-corrected chi connectivity index (χ3v) is 3.42. The Morgan fingerprint density at radius 3 is 2.70 bits per heavy atom. The molecule has 0 aromatic carbocycles. The number of aromatic nitrogens is 3. The number of hydrogen-bond donors (Lipinski definition) is 2. The second kappa shape index (κ2) is 7.23. The van der Waals surface area contributed by atoms with Crippen molar-refractivity contribution < 1.29 is 9.84 Å². The molecule has 0 bridgehead atoms. The number of nitrogens with zero attached hydrogens (tertiary/aromatic N) is 4. The minimum absolute atomic E-state index is 0.0627. The molecule has 0 radical (unpaired) electrons. The molecule has 1 heterocycles. The molecule has 0 aliphatic heterocycles. The summed E-state index contributed by atoms with van der Waals surface area (Å²) >= 11 is 0. The van der Waals surface area contributed by atoms with Crippen molar-refractivity contribution in [1.29, 1.82) is 0 Å². The molecule has 3 N–H and O–H groups in total. The van der Waals surface area contributed by atoms with Gasteiger partial charge in [0, 0.05) is 12.6 Å². The van der Waals surface area contributed by atoms with Crippen LogP contribution < -0.4 is 15.4 Å². The minimum Gasteiger partial charge on any atom is -0.463 e. The van der Waals surface area contributed by atoms with E-state index in [1.807, 2.05) is 11.8 Å². The standard InChI is InChI=1S/C13H23N5O2/c1-2-9-20-13-16-11(14)15-12(17-13)18(7-8-19)10-5-3-4-6-10/h10,19H,2-9H2,1H3,(H2,14,15,16,17). The van der Waals surface area contributed by atoms with E-state index < -0.39 is 0 Å². The van der Waals surface area contributed by atoms with Gasteiger partial charge in [-0.3, -0.25) is 0 Å². The molecule has 0 saturated heterocycles. The maximum absolute atomic E-state index is 9.26. The van der Waals surface area contributed by atoms with Crippen LogP contribution in [0.15, 0.2) is 0 Å². The minimum atomic E-state index is 0.0627. The molecule has 1 aliphatic carbocycles. The molecule has 7 heteroatoms. The average Bonchev–Trinajstić information content (AvgIpc) is 2.95. The number of aliphatic hydroxyl groups is 1. The third-order valence-electron chi connectivity index (χ3n) is 3.42. The molecule has 20 heavy (non-hydrogen) atoms. The summed E-state index contributed by atoms with van der Waals surface area (Å²) in [5, 5.41) is 9.26. The van der Waals surface area contributed by atoms with E-state index in [-0.39, 0.29) is 18.6 Å². The summed E-state index contributed by atoms with van der Waals surface area (Å²) in [6.45, 7) is 3.13. The van der Waals surface area contributed by atoms with E-state index in [9.17, 15) is 5.11 Å². The van der Waals surface area contributed by atoms with Gasteiger partial charge in [0.25, 0.3) is 0 Å². The summed E-state index contributed by atoms with van der Waals surface area (Å²) in [6.07, 6.45) is 5.47. The van der Waals surface area contributed by atoms with E-state index in [0.29, 0.717) is 25.1 Å². The first-order chi connectivity index (χ1) is 9.74. The Morgan fingerprint density at radius 1 is 1.30 bits per heavy atom. The van der Waals surface area contributed by atoms with Gasteiger partial charge in [-0.1, -0.05) is 19.8 Å². The van der Waals surface area contributed by atoms with Crippen LogP contribution in [0.2, 0.25) is 0 Å². The van der Waals surface area contributed by atoms with Gasteiger partial charge in [0.15, 0.2) is 0 Å². The van der Waals surface area contributed by atoms with Crippen LogP contribution in [0, 0.1) is 0 Å². The van der Waals surface area contributed by atoms with Gasteiger partial charge in [0.1, 0.15) is 0 Å². The highest BCUT2D eigenvalue weighted by atomic mass is 16.5. The maximum Gasteiger partial charge on any atom is 0.323 e. The Balaban J connectivity index is 2.19. The quantitative estimate of drug-likeness (QED) is 0.769. The predicted molar refractivity (Wildman–Crippen MR) is 76.7 cm³/mol. The second-order valence-electron chi connectivity index (χ2n) is 4.98. The lowest BCUT2D eigenvalue weighted by Crippen LogP contribution is -2.37. The zero-order valence-electron chi connectivity index (χ0n) is 12.0. The van der Waals surface area contributed by atoms with Crippen LogP contribution in [0.25, 0.3) is 0 Å². The number of nitrogens with two attached hydrogens (primary N) is 1. The molecule has 1 fully saturated rings. The van der Waals surface area contributed by atoms with Crippen molar-refractivity contribution >= 4 is 11.9 Å². The second-order valence-corrected chi connectivity index (χ2v) is 4.98. The van der Waals surface area contributed by atoms with Crippen LogP contribution >= 0.6 is 0 Å². The lowest BCUT2D eigenvalue weighted by Gasteiger charge is -2.28. The van der Waals surface area contributed by atoms with Crippen LogP contribution in [0.3, 0.4) is 0 Å². The first-order valence-electron chi connectivity index (χ1n) is 7.26. The fourth-order valence-electron chi connectivity index (χ4n) is 2.52. The molecule has 1 saturated carbocycles. The highest BCUT2D eigenvalue weighted by Gasteiger charge is 2.25. The summed E-state index contributed by atoms with van der Waals surface area (Å²) in [4.78, 5) is 14.5. The average molecular weight is 281 g/mol. The van der Waals surface area contributed by atoms with Crippen molar-refractivity contribution in [2.75, 3.05) is 30.4 Å². The first kappa shape index (κ1) is 14.8. The van der Waals surface area contributed by atoms with E-state index in [1.165, 1.54) is 12.8 Å². The largest absolute Gasteiger partial charge is 0.463 e. The van der Waals surface area contributed by atoms with Gasteiger partial charge in [-0.15, -0.1) is 0 Å². The molecule has 1 aliphatic rings. The molecule has 2 rings (SSSR count). The molecular formula is C13H23N5O2. The van der Waals surface area contributed by atoms with Gasteiger partial charge >= 0.3 is 6.01 Å². The summed E-state index contributed by atoms with van der Waals surface area (Å²) < 4.78 is 5.44. The lowest BCUT2D eigenvalue weighted by atomic mass is 10.2. The predicted octanol–water partition coefficient (Wildman–Crippen LogP) is 0.984. The lowest BCUT2D eigenvalue weighted by molar-refractivity contribution is 0.287. The Hall–Kier alpha value is -1.63. The van der Waals surface area contributed by atoms with Crippen molar-refractivity contribution in [2.24, 2.45) is 0 Å². The van der Waals surface area contributed by atoms with Gasteiger partial charge < -0.3 is 20.5 Å². The fraction of sp³-hybridized carbons (Fsp3) is 0.769. The molecule has 112 valence electrons. The van der Waals surface area contributed by atoms with Gasteiger partial charge in [-0.05, 0) is 19.3 Å². The van der Waals surface area contributed by atoms with Crippen LogP contribution in [0.4, 0.5) is 11.9 Å². The number of nitrogen functional groups attached to an aromatic ring is 1. The number of ether oxygens (including phenoxy) is 1. The third kappa shape index (κ3) is 3.69. The zero-order valence-corrected chi connectivity index (χ0v) is 12.0. The Morgan fingerprint density at radius 2 is 2.05 bits per heavy atom. The van der Waals surface area contributed by atoms with Crippen molar-refractivity contribution in [3.8, 4) is 6.01 Å². The highest BCUT2D eigenvalue weighted by Crippen LogP contribution is 2.27.